The van der Waals surface area contributed by atoms with Gasteiger partial charge in [-0.05, 0) is 24.1 Å². The first-order valence-electron chi connectivity index (χ1n) is 5.80. The van der Waals surface area contributed by atoms with E-state index in [9.17, 15) is 9.59 Å². The van der Waals surface area contributed by atoms with Crippen LogP contribution >= 0.6 is 12.4 Å². The molecule has 1 atom stereocenters. The van der Waals surface area contributed by atoms with Crippen LogP contribution in [0.1, 0.15) is 29.3 Å². The number of nitrogens with one attached hydrogen (secondary N) is 1. The van der Waals surface area contributed by atoms with Crippen LogP contribution in [0.15, 0.2) is 24.3 Å². The topological polar surface area (TPSA) is 81.4 Å². The van der Waals surface area contributed by atoms with E-state index in [1.165, 1.54) is 7.11 Å². The molecule has 0 saturated carbocycles. The summed E-state index contributed by atoms with van der Waals surface area (Å²) in [6.45, 7) is 2.24. The molecule has 0 bridgehead atoms. The van der Waals surface area contributed by atoms with Gasteiger partial charge in [0.2, 0.25) is 0 Å². The number of carbonyl (C=O) groups excluding carboxylic acids is 2. The lowest BCUT2D eigenvalue weighted by Crippen LogP contribution is -2.41. The quantitative estimate of drug-likeness (QED) is 0.798. The van der Waals surface area contributed by atoms with E-state index in [0.717, 1.165) is 5.56 Å². The van der Waals surface area contributed by atoms with Crippen molar-refractivity contribution in [1.29, 1.82) is 0 Å². The van der Waals surface area contributed by atoms with E-state index in [0.29, 0.717) is 18.5 Å². The van der Waals surface area contributed by atoms with E-state index in [4.69, 9.17) is 5.73 Å². The Morgan fingerprint density at radius 2 is 1.89 bits per heavy atom. The number of hydrogen-bond acceptors (Lipinski definition) is 4. The summed E-state index contributed by atoms with van der Waals surface area (Å²) in [5.74, 6) is -0.736. The van der Waals surface area contributed by atoms with Gasteiger partial charge in [-0.2, -0.15) is 0 Å². The van der Waals surface area contributed by atoms with Gasteiger partial charge in [0.1, 0.15) is 6.04 Å². The van der Waals surface area contributed by atoms with E-state index in [-0.39, 0.29) is 18.3 Å². The molecule has 1 aromatic carbocycles. The number of hydrogen-bond donors (Lipinski definition) is 2. The highest BCUT2D eigenvalue weighted by atomic mass is 35.5. The number of methoxy groups -OCH3 is 1. The number of amides is 1. The van der Waals surface area contributed by atoms with Crippen molar-refractivity contribution in [2.45, 2.75) is 25.9 Å². The molecule has 0 aliphatic rings. The summed E-state index contributed by atoms with van der Waals surface area (Å²) in [5, 5.41) is 2.63. The van der Waals surface area contributed by atoms with Gasteiger partial charge in [0.05, 0.1) is 7.11 Å². The van der Waals surface area contributed by atoms with Gasteiger partial charge in [0.25, 0.3) is 5.91 Å². The highest BCUT2D eigenvalue weighted by Crippen LogP contribution is 2.05. The maximum Gasteiger partial charge on any atom is 0.328 e. The molecule has 0 aromatic heterocycles. The molecule has 19 heavy (non-hydrogen) atoms. The summed E-state index contributed by atoms with van der Waals surface area (Å²) in [6, 6.07) is 6.32. The molecule has 1 amide bonds. The Bertz CT molecular complexity index is 420. The maximum atomic E-state index is 11.9. The third kappa shape index (κ3) is 4.89. The summed E-state index contributed by atoms with van der Waals surface area (Å²) < 4.78 is 4.61. The minimum atomic E-state index is -0.614. The predicted octanol–water partition coefficient (Wildman–Crippen LogP) is 1.25. The highest BCUT2D eigenvalue weighted by molar-refractivity contribution is 5.96. The second-order valence-corrected chi connectivity index (χ2v) is 3.86. The van der Waals surface area contributed by atoms with Crippen molar-refractivity contribution in [2.24, 2.45) is 5.73 Å². The molecule has 1 rings (SSSR count). The van der Waals surface area contributed by atoms with Crippen LogP contribution in [0, 0.1) is 0 Å². The van der Waals surface area contributed by atoms with Gasteiger partial charge in [0, 0.05) is 12.1 Å². The minimum absolute atomic E-state index is 0. The number of esters is 1. The number of carbonyl (C=O) groups is 2. The molecule has 6 heteroatoms. The van der Waals surface area contributed by atoms with Crippen LogP contribution in [0.2, 0.25) is 0 Å². The van der Waals surface area contributed by atoms with Crippen LogP contribution in [0.5, 0.6) is 0 Å². The Morgan fingerprint density at radius 1 is 1.32 bits per heavy atom. The molecular weight excluding hydrogens is 268 g/mol. The Morgan fingerprint density at radius 3 is 2.32 bits per heavy atom. The lowest BCUT2D eigenvalue weighted by atomic mass is 10.1. The number of halogens is 1. The Balaban J connectivity index is 0.00000324. The SMILES string of the molecule is CCC(NC(=O)c1ccc(CN)cc1)C(=O)OC.Cl. The predicted molar refractivity (Wildman–Crippen MR) is 75.1 cm³/mol. The zero-order chi connectivity index (χ0) is 13.5. The molecule has 1 unspecified atom stereocenters. The summed E-state index contributed by atoms with van der Waals surface area (Å²) in [5.41, 5.74) is 6.92. The average molecular weight is 287 g/mol. The number of benzene rings is 1. The van der Waals surface area contributed by atoms with Gasteiger partial charge in [-0.15, -0.1) is 12.4 Å². The van der Waals surface area contributed by atoms with Crippen LogP contribution in [0.4, 0.5) is 0 Å². The number of nitrogens with two attached hydrogens (primary N) is 1. The molecule has 3 N–H and O–H groups in total. The fourth-order valence-corrected chi connectivity index (χ4v) is 1.50. The van der Waals surface area contributed by atoms with E-state index >= 15 is 0 Å². The van der Waals surface area contributed by atoms with Crippen molar-refractivity contribution >= 4 is 24.3 Å². The normalized spacial score (nSPS) is 11.1. The summed E-state index contributed by atoms with van der Waals surface area (Å²) in [6.07, 6.45) is 0.485. The second-order valence-electron chi connectivity index (χ2n) is 3.86. The molecule has 0 heterocycles. The summed E-state index contributed by atoms with van der Waals surface area (Å²) in [4.78, 5) is 23.2. The second kappa shape index (κ2) is 8.50. The molecule has 5 nitrogen and oxygen atoms in total. The Kier molecular flexibility index (Phi) is 7.79. The van der Waals surface area contributed by atoms with Gasteiger partial charge in [-0.3, -0.25) is 4.79 Å². The van der Waals surface area contributed by atoms with Crippen molar-refractivity contribution in [3.05, 3.63) is 35.4 Å². The first-order valence-corrected chi connectivity index (χ1v) is 5.80. The van der Waals surface area contributed by atoms with Crippen molar-refractivity contribution < 1.29 is 14.3 Å². The third-order valence-corrected chi connectivity index (χ3v) is 2.65. The van der Waals surface area contributed by atoms with Crippen LogP contribution < -0.4 is 11.1 Å². The first kappa shape index (κ1) is 17.4. The van der Waals surface area contributed by atoms with Crippen LogP contribution in [-0.4, -0.2) is 25.0 Å². The van der Waals surface area contributed by atoms with Gasteiger partial charge >= 0.3 is 5.97 Å². The zero-order valence-electron chi connectivity index (χ0n) is 11.0. The average Bonchev–Trinajstić information content (AvgIpc) is 2.43. The molecular formula is C13H19ClN2O3. The molecule has 0 spiro atoms. The standard InChI is InChI=1S/C13H18N2O3.ClH/c1-3-11(13(17)18-2)15-12(16)10-6-4-9(8-14)5-7-10;/h4-7,11H,3,8,14H2,1-2H3,(H,15,16);1H. The molecule has 0 aliphatic carbocycles. The highest BCUT2D eigenvalue weighted by Gasteiger charge is 2.19. The van der Waals surface area contributed by atoms with Gasteiger partial charge in [-0.25, -0.2) is 4.79 Å². The molecule has 106 valence electrons. The van der Waals surface area contributed by atoms with Crippen molar-refractivity contribution in [1.82, 2.24) is 5.32 Å². The maximum absolute atomic E-state index is 11.9. The molecule has 0 fully saturated rings. The number of ether oxygens (including phenoxy) is 1. The summed E-state index contributed by atoms with van der Waals surface area (Å²) >= 11 is 0. The Labute approximate surface area is 118 Å². The van der Waals surface area contributed by atoms with E-state index in [1.54, 1.807) is 31.2 Å². The summed E-state index contributed by atoms with van der Waals surface area (Å²) in [7, 11) is 1.30. The van der Waals surface area contributed by atoms with E-state index < -0.39 is 12.0 Å². The zero-order valence-corrected chi connectivity index (χ0v) is 11.8. The minimum Gasteiger partial charge on any atom is -0.467 e. The molecule has 1 aromatic rings. The first-order chi connectivity index (χ1) is 8.62. The molecule has 0 radical (unpaired) electrons. The molecule has 0 aliphatic heterocycles. The van der Waals surface area contributed by atoms with Crippen LogP contribution in [0.25, 0.3) is 0 Å². The van der Waals surface area contributed by atoms with E-state index in [2.05, 4.69) is 10.1 Å². The number of rotatable bonds is 5. The lowest BCUT2D eigenvalue weighted by molar-refractivity contribution is -0.142. The van der Waals surface area contributed by atoms with Crippen LogP contribution in [-0.2, 0) is 16.1 Å². The largest absolute Gasteiger partial charge is 0.467 e. The fraction of sp³-hybridized carbons (Fsp3) is 0.385. The molecule has 0 saturated heterocycles. The van der Waals surface area contributed by atoms with E-state index in [1.807, 2.05) is 0 Å². The lowest BCUT2D eigenvalue weighted by Gasteiger charge is -2.14. The van der Waals surface area contributed by atoms with Crippen molar-refractivity contribution in [3.8, 4) is 0 Å². The van der Waals surface area contributed by atoms with Crippen LogP contribution in [0.3, 0.4) is 0 Å². The van der Waals surface area contributed by atoms with Gasteiger partial charge in [0.15, 0.2) is 0 Å². The fourth-order valence-electron chi connectivity index (χ4n) is 1.50. The Hall–Kier alpha value is -1.59. The van der Waals surface area contributed by atoms with Crippen molar-refractivity contribution in [2.75, 3.05) is 7.11 Å². The third-order valence-electron chi connectivity index (χ3n) is 2.65. The van der Waals surface area contributed by atoms with Gasteiger partial charge in [-0.1, -0.05) is 19.1 Å². The monoisotopic (exact) mass is 286 g/mol. The van der Waals surface area contributed by atoms with Gasteiger partial charge < -0.3 is 15.8 Å². The smallest absolute Gasteiger partial charge is 0.328 e. The van der Waals surface area contributed by atoms with Crippen molar-refractivity contribution in [3.63, 3.8) is 0 Å².